The van der Waals surface area contributed by atoms with Crippen LogP contribution in [0.2, 0.25) is 0 Å². The van der Waals surface area contributed by atoms with Crippen LogP contribution in [0, 0.1) is 5.82 Å². The second kappa shape index (κ2) is 10.3. The molecule has 0 aliphatic heterocycles. The average Bonchev–Trinajstić information content (AvgIpc) is 2.55. The molecule has 0 aromatic heterocycles. The van der Waals surface area contributed by atoms with Gasteiger partial charge in [-0.05, 0) is 50.3 Å². The average molecular weight is 489 g/mol. The minimum Gasteiger partial charge on any atom is -0.393 e. The van der Waals surface area contributed by atoms with Crippen LogP contribution in [0.15, 0.2) is 23.2 Å². The van der Waals surface area contributed by atoms with Gasteiger partial charge < -0.3 is 15.7 Å². The van der Waals surface area contributed by atoms with Crippen LogP contribution in [-0.4, -0.2) is 29.8 Å². The van der Waals surface area contributed by atoms with Crippen molar-refractivity contribution in [2.75, 3.05) is 6.54 Å². The van der Waals surface area contributed by atoms with E-state index in [0.717, 1.165) is 25.0 Å². The number of rotatable bonds is 4. The molecule has 0 heterocycles. The number of hydrogen-bond donors (Lipinski definition) is 3. The first kappa shape index (κ1) is 22.9. The lowest BCUT2D eigenvalue weighted by Gasteiger charge is -2.27. The predicted octanol–water partition coefficient (Wildman–Crippen LogP) is 3.82. The van der Waals surface area contributed by atoms with E-state index in [-0.39, 0.29) is 48.2 Å². The Morgan fingerprint density at radius 3 is 2.46 bits per heavy atom. The predicted molar refractivity (Wildman–Crippen MR) is 103 cm³/mol. The molecule has 4 nitrogen and oxygen atoms in total. The van der Waals surface area contributed by atoms with E-state index in [4.69, 9.17) is 0 Å². The van der Waals surface area contributed by atoms with Gasteiger partial charge in [-0.3, -0.25) is 0 Å². The van der Waals surface area contributed by atoms with Gasteiger partial charge in [0.05, 0.1) is 18.2 Å². The Bertz CT molecular complexity index is 602. The number of aliphatic hydroxyl groups is 1. The topological polar surface area (TPSA) is 56.7 Å². The summed E-state index contributed by atoms with van der Waals surface area (Å²) < 4.78 is 52.3. The molecule has 1 fully saturated rings. The molecule has 0 atom stereocenters. The van der Waals surface area contributed by atoms with E-state index in [0.29, 0.717) is 31.4 Å². The Morgan fingerprint density at radius 1 is 1.23 bits per heavy atom. The molecule has 1 aliphatic rings. The number of hydrogen-bond acceptors (Lipinski definition) is 2. The summed E-state index contributed by atoms with van der Waals surface area (Å²) in [5, 5.41) is 15.7. The summed E-state index contributed by atoms with van der Waals surface area (Å²) in [7, 11) is 0. The molecule has 0 saturated heterocycles. The molecule has 0 radical (unpaired) electrons. The highest BCUT2D eigenvalue weighted by Crippen LogP contribution is 2.32. The number of benzene rings is 1. The van der Waals surface area contributed by atoms with Crippen molar-refractivity contribution in [2.24, 2.45) is 4.99 Å². The summed E-state index contributed by atoms with van der Waals surface area (Å²) in [4.78, 5) is 4.21. The van der Waals surface area contributed by atoms with Crippen LogP contribution in [-0.2, 0) is 12.7 Å². The van der Waals surface area contributed by atoms with Crippen molar-refractivity contribution >= 4 is 29.9 Å². The molecule has 1 aromatic rings. The zero-order chi connectivity index (χ0) is 18.4. The number of nitrogens with zero attached hydrogens (tertiary/aromatic N) is 1. The molecule has 0 spiro atoms. The third kappa shape index (κ3) is 6.90. The highest BCUT2D eigenvalue weighted by Gasteiger charge is 2.33. The lowest BCUT2D eigenvalue weighted by Crippen LogP contribution is -2.45. The quantitative estimate of drug-likeness (QED) is 0.261. The van der Waals surface area contributed by atoms with E-state index in [1.807, 2.05) is 6.92 Å². The van der Waals surface area contributed by atoms with E-state index in [1.54, 1.807) is 0 Å². The first-order valence-corrected chi connectivity index (χ1v) is 8.38. The van der Waals surface area contributed by atoms with Gasteiger partial charge in [-0.25, -0.2) is 9.38 Å². The largest absolute Gasteiger partial charge is 0.416 e. The van der Waals surface area contributed by atoms with Gasteiger partial charge in [-0.2, -0.15) is 13.2 Å². The molecular formula is C17H24F4IN3O. The second-order valence-corrected chi connectivity index (χ2v) is 6.14. The van der Waals surface area contributed by atoms with Gasteiger partial charge in [0, 0.05) is 12.6 Å². The first-order valence-electron chi connectivity index (χ1n) is 8.38. The Hall–Kier alpha value is -1.10. The molecule has 148 valence electrons. The van der Waals surface area contributed by atoms with E-state index < -0.39 is 17.6 Å². The minimum atomic E-state index is -4.63. The number of aliphatic imine (C=N–C) groups is 1. The highest BCUT2D eigenvalue weighted by molar-refractivity contribution is 14.0. The molecule has 9 heteroatoms. The van der Waals surface area contributed by atoms with Gasteiger partial charge >= 0.3 is 6.18 Å². The second-order valence-electron chi connectivity index (χ2n) is 6.14. The number of alkyl halides is 3. The van der Waals surface area contributed by atoms with E-state index >= 15 is 0 Å². The van der Waals surface area contributed by atoms with Crippen molar-refractivity contribution in [1.82, 2.24) is 10.6 Å². The molecule has 0 bridgehead atoms. The van der Waals surface area contributed by atoms with Gasteiger partial charge in [0.1, 0.15) is 5.82 Å². The third-order valence-electron chi connectivity index (χ3n) is 4.17. The number of halogens is 5. The van der Waals surface area contributed by atoms with E-state index in [9.17, 15) is 22.7 Å². The highest BCUT2D eigenvalue weighted by atomic mass is 127. The molecule has 0 unspecified atom stereocenters. The smallest absolute Gasteiger partial charge is 0.393 e. The first-order chi connectivity index (χ1) is 11.8. The SMILES string of the molecule is CCNC(=NCc1ccc(F)cc1C(F)(F)F)NC1CCC(O)CC1.I. The third-order valence-corrected chi connectivity index (χ3v) is 4.17. The number of aliphatic hydroxyl groups excluding tert-OH is 1. The van der Waals surface area contributed by atoms with Crippen LogP contribution in [0.25, 0.3) is 0 Å². The summed E-state index contributed by atoms with van der Waals surface area (Å²) in [6.07, 6.45) is -1.99. The summed E-state index contributed by atoms with van der Waals surface area (Å²) >= 11 is 0. The van der Waals surface area contributed by atoms with Gasteiger partial charge in [0.2, 0.25) is 0 Å². The summed E-state index contributed by atoms with van der Waals surface area (Å²) in [5.74, 6) is -0.507. The maximum Gasteiger partial charge on any atom is 0.416 e. The van der Waals surface area contributed by atoms with Gasteiger partial charge in [0.15, 0.2) is 5.96 Å². The molecule has 1 saturated carbocycles. The fourth-order valence-corrected chi connectivity index (χ4v) is 2.85. The number of guanidine groups is 1. The Labute approximate surface area is 167 Å². The van der Waals surface area contributed by atoms with Gasteiger partial charge in [0.25, 0.3) is 0 Å². The van der Waals surface area contributed by atoms with Gasteiger partial charge in [-0.1, -0.05) is 6.07 Å². The van der Waals surface area contributed by atoms with Crippen molar-refractivity contribution < 1.29 is 22.7 Å². The lowest BCUT2D eigenvalue weighted by molar-refractivity contribution is -0.138. The molecule has 1 aromatic carbocycles. The van der Waals surface area contributed by atoms with Crippen LogP contribution in [0.5, 0.6) is 0 Å². The standard InChI is InChI=1S/C17H23F4N3O.HI/c1-2-22-16(24-13-5-7-14(25)8-6-13)23-10-11-3-4-12(18)9-15(11)17(19,20)21;/h3-4,9,13-14,25H,2,5-8,10H2,1H3,(H2,22,23,24);1H. The fraction of sp³-hybridized carbons (Fsp3) is 0.588. The summed E-state index contributed by atoms with van der Waals surface area (Å²) in [6, 6.07) is 2.73. The van der Waals surface area contributed by atoms with Crippen molar-refractivity contribution in [3.8, 4) is 0 Å². The van der Waals surface area contributed by atoms with Gasteiger partial charge in [-0.15, -0.1) is 24.0 Å². The Kier molecular flexibility index (Phi) is 9.08. The lowest BCUT2D eigenvalue weighted by atomic mass is 9.93. The van der Waals surface area contributed by atoms with Crippen LogP contribution < -0.4 is 10.6 Å². The summed E-state index contributed by atoms with van der Waals surface area (Å²) in [6.45, 7) is 2.22. The van der Waals surface area contributed by atoms with E-state index in [1.165, 1.54) is 0 Å². The number of nitrogens with one attached hydrogen (secondary N) is 2. The maximum absolute atomic E-state index is 13.2. The maximum atomic E-state index is 13.2. The molecule has 2 rings (SSSR count). The molecule has 26 heavy (non-hydrogen) atoms. The van der Waals surface area contributed by atoms with Crippen molar-refractivity contribution in [2.45, 2.75) is 57.5 Å². The zero-order valence-corrected chi connectivity index (χ0v) is 16.8. The zero-order valence-electron chi connectivity index (χ0n) is 14.4. The Balaban J connectivity index is 0.00000338. The van der Waals surface area contributed by atoms with Crippen LogP contribution in [0.3, 0.4) is 0 Å². The van der Waals surface area contributed by atoms with Crippen molar-refractivity contribution in [3.63, 3.8) is 0 Å². The molecular weight excluding hydrogens is 465 g/mol. The van der Waals surface area contributed by atoms with Crippen LogP contribution >= 0.6 is 24.0 Å². The Morgan fingerprint density at radius 2 is 1.88 bits per heavy atom. The molecule has 3 N–H and O–H groups in total. The van der Waals surface area contributed by atoms with Crippen molar-refractivity contribution in [3.05, 3.63) is 35.1 Å². The fourth-order valence-electron chi connectivity index (χ4n) is 2.85. The summed E-state index contributed by atoms with van der Waals surface area (Å²) in [5.41, 5.74) is -1.09. The monoisotopic (exact) mass is 489 g/mol. The molecule has 1 aliphatic carbocycles. The van der Waals surface area contributed by atoms with Crippen molar-refractivity contribution in [1.29, 1.82) is 0 Å². The minimum absolute atomic E-state index is 0. The normalized spacial score (nSPS) is 21.1. The molecule has 0 amide bonds. The van der Waals surface area contributed by atoms with E-state index in [2.05, 4.69) is 15.6 Å². The van der Waals surface area contributed by atoms with Crippen LogP contribution in [0.1, 0.15) is 43.7 Å². The van der Waals surface area contributed by atoms with Crippen LogP contribution in [0.4, 0.5) is 17.6 Å².